The van der Waals surface area contributed by atoms with Crippen LogP contribution in [0.4, 0.5) is 11.5 Å². The van der Waals surface area contributed by atoms with Crippen LogP contribution in [-0.4, -0.2) is 39.9 Å². The van der Waals surface area contributed by atoms with Crippen molar-refractivity contribution in [2.24, 2.45) is 0 Å². The molecule has 2 N–H and O–H groups in total. The first-order chi connectivity index (χ1) is 12.0. The van der Waals surface area contributed by atoms with Crippen LogP contribution in [0.25, 0.3) is 0 Å². The van der Waals surface area contributed by atoms with E-state index in [0.29, 0.717) is 42.5 Å². The molecule has 8 nitrogen and oxygen atoms in total. The van der Waals surface area contributed by atoms with Gasteiger partial charge in [-0.15, -0.1) is 0 Å². The Morgan fingerprint density at radius 3 is 2.80 bits per heavy atom. The molecule has 1 fully saturated rings. The number of hydrogen-bond acceptors (Lipinski definition) is 5. The van der Waals surface area contributed by atoms with E-state index in [-0.39, 0.29) is 17.6 Å². The molecule has 2 aromatic heterocycles. The van der Waals surface area contributed by atoms with E-state index in [1.54, 1.807) is 25.3 Å². The Bertz CT molecular complexity index is 779. The molecule has 0 unspecified atom stereocenters. The molecule has 0 saturated carbocycles. The number of carbonyl (C=O) groups excluding carboxylic acids is 1. The summed E-state index contributed by atoms with van der Waals surface area (Å²) in [4.78, 5) is 31.9. The van der Waals surface area contributed by atoms with Crippen molar-refractivity contribution in [1.29, 1.82) is 0 Å². The van der Waals surface area contributed by atoms with Crippen molar-refractivity contribution in [2.45, 2.75) is 25.8 Å². The Hall–Kier alpha value is -2.61. The predicted octanol–water partition coefficient (Wildman–Crippen LogP) is 2.68. The fourth-order valence-electron chi connectivity index (χ4n) is 2.93. The molecular weight excluding hydrogens is 346 g/mol. The maximum Gasteiger partial charge on any atom is 0.311 e. The number of nitrogens with zero attached hydrogens (tertiary/aromatic N) is 3. The first kappa shape index (κ1) is 17.2. The molecule has 3 rings (SSSR count). The number of H-pyrrole nitrogens is 1. The molecule has 9 heteroatoms. The summed E-state index contributed by atoms with van der Waals surface area (Å²) in [6.07, 6.45) is 2.92. The minimum atomic E-state index is -0.423. The van der Waals surface area contributed by atoms with E-state index in [2.05, 4.69) is 15.3 Å². The Morgan fingerprint density at radius 2 is 2.20 bits per heavy atom. The van der Waals surface area contributed by atoms with E-state index >= 15 is 0 Å². The number of pyridine rings is 1. The average molecular weight is 364 g/mol. The highest BCUT2D eigenvalue weighted by molar-refractivity contribution is 6.31. The fourth-order valence-corrected chi connectivity index (χ4v) is 3.08. The van der Waals surface area contributed by atoms with Gasteiger partial charge < -0.3 is 15.2 Å². The summed E-state index contributed by atoms with van der Waals surface area (Å²) < 4.78 is 0. The number of aromatic nitrogens is 2. The lowest BCUT2D eigenvalue weighted by atomic mass is 10.0. The summed E-state index contributed by atoms with van der Waals surface area (Å²) in [5.41, 5.74) is 1.19. The van der Waals surface area contributed by atoms with Gasteiger partial charge in [0.2, 0.25) is 5.82 Å². The number of nitrogens with one attached hydrogen (secondary N) is 2. The first-order valence-corrected chi connectivity index (χ1v) is 8.34. The standard InChI is InChI=1S/C16H18ClN5O3/c1-10-12(17)9-13(19-10)16(23)20-11-4-7-21(8-5-11)15-14(22(24)25)3-2-6-18-15/h2-3,6,9,11,19H,4-5,7-8H2,1H3,(H,20,23). The van der Waals surface area contributed by atoms with Crippen molar-refractivity contribution in [3.63, 3.8) is 0 Å². The molecule has 0 atom stereocenters. The monoisotopic (exact) mass is 363 g/mol. The van der Waals surface area contributed by atoms with E-state index in [0.717, 1.165) is 5.69 Å². The van der Waals surface area contributed by atoms with Crippen LogP contribution in [0, 0.1) is 17.0 Å². The molecule has 1 aliphatic heterocycles. The molecule has 0 spiro atoms. The summed E-state index contributed by atoms with van der Waals surface area (Å²) in [6.45, 7) is 2.98. The highest BCUT2D eigenvalue weighted by Crippen LogP contribution is 2.27. The quantitative estimate of drug-likeness (QED) is 0.642. The van der Waals surface area contributed by atoms with Crippen LogP contribution in [0.2, 0.25) is 5.02 Å². The Labute approximate surface area is 149 Å². The van der Waals surface area contributed by atoms with E-state index in [1.165, 1.54) is 6.07 Å². The van der Waals surface area contributed by atoms with Gasteiger partial charge in [-0.05, 0) is 31.9 Å². The van der Waals surface area contributed by atoms with Crippen LogP contribution in [0.3, 0.4) is 0 Å². The van der Waals surface area contributed by atoms with E-state index in [4.69, 9.17) is 11.6 Å². The van der Waals surface area contributed by atoms with Gasteiger partial charge in [-0.1, -0.05) is 11.6 Å². The highest BCUT2D eigenvalue weighted by atomic mass is 35.5. The van der Waals surface area contributed by atoms with Crippen LogP contribution >= 0.6 is 11.6 Å². The zero-order valence-corrected chi connectivity index (χ0v) is 14.4. The van der Waals surface area contributed by atoms with Gasteiger partial charge in [0.25, 0.3) is 5.91 Å². The number of aryl methyl sites for hydroxylation is 1. The summed E-state index contributed by atoms with van der Waals surface area (Å²) in [5, 5.41) is 14.6. The molecule has 132 valence electrons. The smallest absolute Gasteiger partial charge is 0.311 e. The second kappa shape index (κ2) is 7.10. The van der Waals surface area contributed by atoms with E-state index < -0.39 is 4.92 Å². The molecule has 1 amide bonds. The number of piperidine rings is 1. The van der Waals surface area contributed by atoms with Gasteiger partial charge in [-0.3, -0.25) is 14.9 Å². The van der Waals surface area contributed by atoms with Gasteiger partial charge in [0.1, 0.15) is 5.69 Å². The molecule has 1 saturated heterocycles. The Balaban J connectivity index is 1.61. The largest absolute Gasteiger partial charge is 0.353 e. The number of halogens is 1. The van der Waals surface area contributed by atoms with Gasteiger partial charge in [-0.2, -0.15) is 0 Å². The third-order valence-corrected chi connectivity index (χ3v) is 4.68. The normalized spacial score (nSPS) is 15.2. The van der Waals surface area contributed by atoms with Crippen LogP contribution in [0.15, 0.2) is 24.4 Å². The van der Waals surface area contributed by atoms with Crippen LogP contribution < -0.4 is 10.2 Å². The maximum absolute atomic E-state index is 12.3. The Kier molecular flexibility index (Phi) is 4.89. The van der Waals surface area contributed by atoms with Crippen LogP contribution in [-0.2, 0) is 0 Å². The summed E-state index contributed by atoms with van der Waals surface area (Å²) in [6, 6.07) is 4.62. The topological polar surface area (TPSA) is 104 Å². The van der Waals surface area contributed by atoms with E-state index in [9.17, 15) is 14.9 Å². The summed E-state index contributed by atoms with van der Waals surface area (Å²) >= 11 is 5.96. The number of hydrogen-bond donors (Lipinski definition) is 2. The molecule has 0 radical (unpaired) electrons. The third-order valence-electron chi connectivity index (χ3n) is 4.29. The molecule has 0 bridgehead atoms. The van der Waals surface area contributed by atoms with Crippen molar-refractivity contribution in [1.82, 2.24) is 15.3 Å². The van der Waals surface area contributed by atoms with Gasteiger partial charge in [-0.25, -0.2) is 4.98 Å². The highest BCUT2D eigenvalue weighted by Gasteiger charge is 2.26. The van der Waals surface area contributed by atoms with Crippen molar-refractivity contribution in [3.05, 3.63) is 50.9 Å². The number of nitro groups is 1. The average Bonchev–Trinajstić information content (AvgIpc) is 2.95. The van der Waals surface area contributed by atoms with Gasteiger partial charge in [0.15, 0.2) is 0 Å². The zero-order chi connectivity index (χ0) is 18.0. The number of aromatic amines is 1. The second-order valence-electron chi connectivity index (χ2n) is 5.99. The molecule has 3 heterocycles. The lowest BCUT2D eigenvalue weighted by molar-refractivity contribution is -0.384. The number of rotatable bonds is 4. The molecule has 1 aliphatic rings. The molecule has 25 heavy (non-hydrogen) atoms. The van der Waals surface area contributed by atoms with Crippen LogP contribution in [0.5, 0.6) is 0 Å². The number of anilines is 1. The predicted molar refractivity (Wildman–Crippen MR) is 94.1 cm³/mol. The lowest BCUT2D eigenvalue weighted by Crippen LogP contribution is -2.45. The van der Waals surface area contributed by atoms with Crippen molar-refractivity contribution >= 4 is 29.0 Å². The van der Waals surface area contributed by atoms with Gasteiger partial charge in [0, 0.05) is 37.1 Å². The number of carbonyl (C=O) groups is 1. The lowest BCUT2D eigenvalue weighted by Gasteiger charge is -2.32. The minimum Gasteiger partial charge on any atom is -0.353 e. The first-order valence-electron chi connectivity index (χ1n) is 7.96. The van der Waals surface area contributed by atoms with Gasteiger partial charge in [0.05, 0.1) is 9.95 Å². The second-order valence-corrected chi connectivity index (χ2v) is 6.40. The van der Waals surface area contributed by atoms with Crippen molar-refractivity contribution in [2.75, 3.05) is 18.0 Å². The van der Waals surface area contributed by atoms with Crippen LogP contribution in [0.1, 0.15) is 29.0 Å². The third kappa shape index (κ3) is 3.74. The Morgan fingerprint density at radius 1 is 1.48 bits per heavy atom. The molecule has 0 aliphatic carbocycles. The minimum absolute atomic E-state index is 0.00138. The maximum atomic E-state index is 12.3. The SMILES string of the molecule is Cc1[nH]c(C(=O)NC2CCN(c3ncccc3[N+](=O)[O-])CC2)cc1Cl. The molecular formula is C16H18ClN5O3. The summed E-state index contributed by atoms with van der Waals surface area (Å²) in [7, 11) is 0. The number of amides is 1. The zero-order valence-electron chi connectivity index (χ0n) is 13.7. The fraction of sp³-hybridized carbons (Fsp3) is 0.375. The van der Waals surface area contributed by atoms with Crippen molar-refractivity contribution in [3.8, 4) is 0 Å². The summed E-state index contributed by atoms with van der Waals surface area (Å²) in [5.74, 6) is 0.182. The van der Waals surface area contributed by atoms with E-state index in [1.807, 2.05) is 4.90 Å². The van der Waals surface area contributed by atoms with Crippen molar-refractivity contribution < 1.29 is 9.72 Å². The molecule has 2 aromatic rings. The molecule has 0 aromatic carbocycles. The van der Waals surface area contributed by atoms with Gasteiger partial charge >= 0.3 is 5.69 Å².